The molecule has 0 aromatic carbocycles. The van der Waals surface area contributed by atoms with Gasteiger partial charge in [-0.3, -0.25) is 0 Å². The zero-order valence-corrected chi connectivity index (χ0v) is 7.96. The molecule has 1 aliphatic carbocycles. The fourth-order valence-corrected chi connectivity index (χ4v) is 1.88. The summed E-state index contributed by atoms with van der Waals surface area (Å²) in [5.41, 5.74) is 8.78. The highest BCUT2D eigenvalue weighted by molar-refractivity contribution is 5.82. The lowest BCUT2D eigenvalue weighted by Gasteiger charge is -1.97. The van der Waals surface area contributed by atoms with Gasteiger partial charge >= 0.3 is 0 Å². The number of hydrogen-bond donors (Lipinski definition) is 2. The molecule has 3 nitrogen and oxygen atoms in total. The number of nitrogen functional groups attached to an aromatic ring is 1. The van der Waals surface area contributed by atoms with Gasteiger partial charge in [-0.1, -0.05) is 0 Å². The number of H-pyrrole nitrogens is 1. The van der Waals surface area contributed by atoms with Crippen molar-refractivity contribution < 1.29 is 0 Å². The highest BCUT2D eigenvalue weighted by Gasteiger charge is 2.22. The number of aromatic nitrogens is 2. The minimum absolute atomic E-state index is 0.745. The summed E-state index contributed by atoms with van der Waals surface area (Å²) in [5.74, 6) is 0.899. The number of nitrogens with two attached hydrogens (primary N) is 1. The highest BCUT2D eigenvalue weighted by atomic mass is 14.8. The number of nitrogens with one attached hydrogen (secondary N) is 1. The highest BCUT2D eigenvalue weighted by Crippen LogP contribution is 2.34. The van der Waals surface area contributed by atoms with Crippen LogP contribution in [0.5, 0.6) is 0 Å². The Morgan fingerprint density at radius 2 is 2.36 bits per heavy atom. The van der Waals surface area contributed by atoms with Gasteiger partial charge in [-0.25, -0.2) is 4.98 Å². The summed E-state index contributed by atoms with van der Waals surface area (Å²) in [6.45, 7) is 0. The predicted molar refractivity (Wildman–Crippen MR) is 56.9 cm³/mol. The van der Waals surface area contributed by atoms with Crippen LogP contribution in [-0.4, -0.2) is 9.97 Å². The van der Waals surface area contributed by atoms with Crippen LogP contribution in [0.4, 0.5) is 5.69 Å². The maximum Gasteiger partial charge on any atom is 0.137 e. The Hall–Kier alpha value is -1.51. The van der Waals surface area contributed by atoms with E-state index in [2.05, 4.69) is 16.2 Å². The molecule has 0 saturated heterocycles. The van der Waals surface area contributed by atoms with Crippen molar-refractivity contribution in [2.45, 2.75) is 19.3 Å². The van der Waals surface area contributed by atoms with E-state index in [9.17, 15) is 0 Å². The number of nitrogens with zero attached hydrogens (tertiary/aromatic N) is 1. The lowest BCUT2D eigenvalue weighted by atomic mass is 10.1. The largest absolute Gasteiger partial charge is 0.397 e. The maximum absolute atomic E-state index is 5.72. The maximum atomic E-state index is 5.72. The zero-order chi connectivity index (χ0) is 9.54. The molecule has 0 atom stereocenters. The van der Waals surface area contributed by atoms with E-state index in [4.69, 9.17) is 5.73 Å². The minimum atomic E-state index is 0.745. The Labute approximate surface area is 82.3 Å². The first-order chi connectivity index (χ1) is 6.83. The van der Waals surface area contributed by atoms with Crippen molar-refractivity contribution in [1.82, 2.24) is 9.97 Å². The Kier molecular flexibility index (Phi) is 1.54. The Balaban J connectivity index is 2.08. The van der Waals surface area contributed by atoms with Crippen LogP contribution < -0.4 is 5.73 Å². The molecule has 1 aliphatic rings. The van der Waals surface area contributed by atoms with E-state index >= 15 is 0 Å². The van der Waals surface area contributed by atoms with Crippen molar-refractivity contribution in [2.24, 2.45) is 5.92 Å². The van der Waals surface area contributed by atoms with Crippen LogP contribution in [0.3, 0.4) is 0 Å². The fourth-order valence-electron chi connectivity index (χ4n) is 1.88. The third-order valence-corrected chi connectivity index (χ3v) is 2.84. The molecule has 1 fully saturated rings. The third kappa shape index (κ3) is 1.25. The van der Waals surface area contributed by atoms with Crippen molar-refractivity contribution >= 4 is 16.7 Å². The molecule has 2 aromatic rings. The number of fused-ring (bicyclic) bond motifs is 1. The Morgan fingerprint density at radius 3 is 3.14 bits per heavy atom. The molecule has 0 radical (unpaired) electrons. The van der Waals surface area contributed by atoms with Crippen LogP contribution in [0.1, 0.15) is 18.4 Å². The molecule has 0 bridgehead atoms. The molecular weight excluding hydrogens is 174 g/mol. The molecule has 0 amide bonds. The van der Waals surface area contributed by atoms with E-state index in [0.717, 1.165) is 17.3 Å². The van der Waals surface area contributed by atoms with Gasteiger partial charge in [-0.05, 0) is 36.8 Å². The summed E-state index contributed by atoms with van der Waals surface area (Å²) in [4.78, 5) is 7.43. The van der Waals surface area contributed by atoms with Gasteiger partial charge in [-0.15, -0.1) is 0 Å². The summed E-state index contributed by atoms with van der Waals surface area (Å²) < 4.78 is 0. The lowest BCUT2D eigenvalue weighted by Crippen LogP contribution is -1.88. The SMILES string of the molecule is Nc1cnc2[nH]cc(CC3CC3)c2c1. The summed E-state index contributed by atoms with van der Waals surface area (Å²) in [6.07, 6.45) is 7.69. The van der Waals surface area contributed by atoms with Gasteiger partial charge in [-0.2, -0.15) is 0 Å². The molecule has 2 aromatic heterocycles. The van der Waals surface area contributed by atoms with E-state index in [1.807, 2.05) is 6.07 Å². The molecule has 2 heterocycles. The minimum Gasteiger partial charge on any atom is -0.397 e. The Bertz CT molecular complexity index is 468. The molecule has 3 N–H and O–H groups in total. The average molecular weight is 187 g/mol. The van der Waals surface area contributed by atoms with Gasteiger partial charge < -0.3 is 10.7 Å². The molecule has 0 spiro atoms. The fraction of sp³-hybridized carbons (Fsp3) is 0.364. The van der Waals surface area contributed by atoms with Gasteiger partial charge in [0, 0.05) is 11.6 Å². The quantitative estimate of drug-likeness (QED) is 0.756. The first-order valence-electron chi connectivity index (χ1n) is 5.04. The van der Waals surface area contributed by atoms with E-state index < -0.39 is 0 Å². The summed E-state index contributed by atoms with van der Waals surface area (Å²) in [5, 5.41) is 1.19. The standard InChI is InChI=1S/C11H13N3/c12-9-4-10-8(3-7-1-2-7)5-13-11(10)14-6-9/h4-7H,1-3,12H2,(H,13,14). The number of hydrogen-bond acceptors (Lipinski definition) is 2. The van der Waals surface area contributed by atoms with Crippen LogP contribution in [-0.2, 0) is 6.42 Å². The molecule has 1 saturated carbocycles. The summed E-state index contributed by atoms with van der Waals surface area (Å²) >= 11 is 0. The molecule has 72 valence electrons. The Morgan fingerprint density at radius 1 is 1.50 bits per heavy atom. The zero-order valence-electron chi connectivity index (χ0n) is 7.96. The monoisotopic (exact) mass is 187 g/mol. The second-order valence-electron chi connectivity index (χ2n) is 4.13. The second-order valence-corrected chi connectivity index (χ2v) is 4.13. The average Bonchev–Trinajstić information content (AvgIpc) is 2.90. The van der Waals surface area contributed by atoms with Gasteiger partial charge in [0.25, 0.3) is 0 Å². The van der Waals surface area contributed by atoms with Crippen LogP contribution >= 0.6 is 0 Å². The smallest absolute Gasteiger partial charge is 0.137 e. The van der Waals surface area contributed by atoms with Crippen molar-refractivity contribution in [3.05, 3.63) is 24.0 Å². The molecule has 3 heteroatoms. The van der Waals surface area contributed by atoms with Crippen molar-refractivity contribution in [2.75, 3.05) is 5.73 Å². The molecule has 0 aliphatic heterocycles. The van der Waals surface area contributed by atoms with Gasteiger partial charge in [0.15, 0.2) is 0 Å². The van der Waals surface area contributed by atoms with E-state index in [0.29, 0.717) is 0 Å². The molecular formula is C11H13N3. The van der Waals surface area contributed by atoms with Crippen molar-refractivity contribution in [3.63, 3.8) is 0 Å². The number of aromatic amines is 1. The third-order valence-electron chi connectivity index (χ3n) is 2.84. The summed E-state index contributed by atoms with van der Waals surface area (Å²) in [7, 11) is 0. The molecule has 14 heavy (non-hydrogen) atoms. The topological polar surface area (TPSA) is 54.7 Å². The van der Waals surface area contributed by atoms with Gasteiger partial charge in [0.05, 0.1) is 11.9 Å². The van der Waals surface area contributed by atoms with Crippen molar-refractivity contribution in [3.8, 4) is 0 Å². The predicted octanol–water partition coefficient (Wildman–Crippen LogP) is 2.10. The van der Waals surface area contributed by atoms with Crippen LogP contribution in [0.25, 0.3) is 11.0 Å². The number of pyridine rings is 1. The van der Waals surface area contributed by atoms with Crippen LogP contribution in [0, 0.1) is 5.92 Å². The number of rotatable bonds is 2. The van der Waals surface area contributed by atoms with Gasteiger partial charge in [0.2, 0.25) is 0 Å². The molecule has 3 rings (SSSR count). The summed E-state index contributed by atoms with van der Waals surface area (Å²) in [6, 6.07) is 2.01. The van der Waals surface area contributed by atoms with Crippen molar-refractivity contribution in [1.29, 1.82) is 0 Å². The first-order valence-corrected chi connectivity index (χ1v) is 5.04. The first kappa shape index (κ1) is 7.85. The van der Waals surface area contributed by atoms with Gasteiger partial charge in [0.1, 0.15) is 5.65 Å². The molecule has 0 unspecified atom stereocenters. The van der Waals surface area contributed by atoms with Crippen LogP contribution in [0.15, 0.2) is 18.5 Å². The normalized spacial score (nSPS) is 16.3. The van der Waals surface area contributed by atoms with E-state index in [-0.39, 0.29) is 0 Å². The van der Waals surface area contributed by atoms with E-state index in [1.54, 1.807) is 6.20 Å². The number of anilines is 1. The van der Waals surface area contributed by atoms with Crippen LogP contribution in [0.2, 0.25) is 0 Å². The second kappa shape index (κ2) is 2.74. The lowest BCUT2D eigenvalue weighted by molar-refractivity contribution is 0.838. The van der Waals surface area contributed by atoms with E-state index in [1.165, 1.54) is 30.2 Å².